The lowest BCUT2D eigenvalue weighted by molar-refractivity contribution is -0.124. The first-order valence-corrected chi connectivity index (χ1v) is 8.11. The molecule has 1 amide bonds. The van der Waals surface area contributed by atoms with Crippen molar-refractivity contribution in [3.05, 3.63) is 69.2 Å². The lowest BCUT2D eigenvalue weighted by atomic mass is 10.0. The Bertz CT molecular complexity index is 762. The third kappa shape index (κ3) is 4.73. The average molecular weight is 366 g/mol. The quantitative estimate of drug-likeness (QED) is 0.801. The number of amides is 1. The Hall–Kier alpha value is -2.04. The van der Waals surface area contributed by atoms with Crippen LogP contribution in [-0.2, 0) is 9.53 Å². The highest BCUT2D eigenvalue weighted by Gasteiger charge is 2.16. The standard InChI is InChI=1S/C18H17Cl2NO3/c1-11-5-3-4-6-14(11)12(2)21-17(22)10-24-18(23)15-8-7-13(19)9-16(15)20/h3-9,12H,10H2,1-2H3,(H,21,22). The van der Waals surface area contributed by atoms with E-state index in [0.29, 0.717) is 5.02 Å². The van der Waals surface area contributed by atoms with Crippen LogP contribution >= 0.6 is 23.2 Å². The second-order valence-electron chi connectivity index (χ2n) is 5.35. The molecule has 6 heteroatoms. The molecule has 1 N–H and O–H groups in total. The molecule has 0 heterocycles. The topological polar surface area (TPSA) is 55.4 Å². The summed E-state index contributed by atoms with van der Waals surface area (Å²) in [5, 5.41) is 3.40. The van der Waals surface area contributed by atoms with Gasteiger partial charge in [0, 0.05) is 5.02 Å². The third-order valence-corrected chi connectivity index (χ3v) is 4.07. The molecule has 2 rings (SSSR count). The smallest absolute Gasteiger partial charge is 0.340 e. The molecule has 0 spiro atoms. The number of benzene rings is 2. The van der Waals surface area contributed by atoms with Crippen LogP contribution < -0.4 is 5.32 Å². The molecular formula is C18H17Cl2NO3. The van der Waals surface area contributed by atoms with E-state index in [1.165, 1.54) is 18.2 Å². The first kappa shape index (κ1) is 18.3. The number of hydrogen-bond donors (Lipinski definition) is 1. The van der Waals surface area contributed by atoms with Crippen LogP contribution in [0, 0.1) is 6.92 Å². The van der Waals surface area contributed by atoms with Crippen LogP contribution in [0.2, 0.25) is 10.0 Å². The average Bonchev–Trinajstić information content (AvgIpc) is 2.53. The zero-order valence-electron chi connectivity index (χ0n) is 13.3. The van der Waals surface area contributed by atoms with E-state index < -0.39 is 5.97 Å². The summed E-state index contributed by atoms with van der Waals surface area (Å²) < 4.78 is 5.00. The minimum atomic E-state index is -0.671. The summed E-state index contributed by atoms with van der Waals surface area (Å²) in [5.41, 5.74) is 2.26. The molecule has 0 fully saturated rings. The lowest BCUT2D eigenvalue weighted by Gasteiger charge is -2.16. The molecule has 0 aliphatic carbocycles. The van der Waals surface area contributed by atoms with Crippen molar-refractivity contribution >= 4 is 35.1 Å². The molecule has 0 saturated heterocycles. The van der Waals surface area contributed by atoms with Gasteiger partial charge in [0.05, 0.1) is 16.6 Å². The molecule has 24 heavy (non-hydrogen) atoms. The summed E-state index contributed by atoms with van der Waals surface area (Å²) in [5.74, 6) is -1.06. The Morgan fingerprint density at radius 3 is 2.54 bits per heavy atom. The minimum absolute atomic E-state index is 0.167. The Balaban J connectivity index is 1.91. The number of carbonyl (C=O) groups is 2. The number of aryl methyl sites for hydroxylation is 1. The first-order valence-electron chi connectivity index (χ1n) is 7.35. The fraction of sp³-hybridized carbons (Fsp3) is 0.222. The maximum atomic E-state index is 12.0. The molecule has 0 radical (unpaired) electrons. The number of nitrogens with one attached hydrogen (secondary N) is 1. The van der Waals surface area contributed by atoms with Gasteiger partial charge in [-0.15, -0.1) is 0 Å². The van der Waals surface area contributed by atoms with Crippen LogP contribution in [0.5, 0.6) is 0 Å². The second-order valence-corrected chi connectivity index (χ2v) is 6.19. The Morgan fingerprint density at radius 2 is 1.88 bits per heavy atom. The van der Waals surface area contributed by atoms with Gasteiger partial charge in [-0.1, -0.05) is 47.5 Å². The van der Waals surface area contributed by atoms with Gasteiger partial charge in [0.15, 0.2) is 6.61 Å². The van der Waals surface area contributed by atoms with Crippen molar-refractivity contribution in [3.8, 4) is 0 Å². The summed E-state index contributed by atoms with van der Waals surface area (Å²) >= 11 is 11.7. The van der Waals surface area contributed by atoms with Crippen molar-refractivity contribution < 1.29 is 14.3 Å². The van der Waals surface area contributed by atoms with Crippen molar-refractivity contribution in [3.63, 3.8) is 0 Å². The Kier molecular flexibility index (Phi) is 6.23. The van der Waals surface area contributed by atoms with E-state index in [4.69, 9.17) is 27.9 Å². The van der Waals surface area contributed by atoms with Crippen molar-refractivity contribution in [1.82, 2.24) is 5.32 Å². The number of esters is 1. The zero-order valence-corrected chi connectivity index (χ0v) is 14.8. The largest absolute Gasteiger partial charge is 0.452 e. The van der Waals surface area contributed by atoms with E-state index in [2.05, 4.69) is 5.32 Å². The van der Waals surface area contributed by atoms with Gasteiger partial charge in [-0.25, -0.2) is 4.79 Å². The number of halogens is 2. The Labute approximate surface area is 150 Å². The number of rotatable bonds is 5. The molecule has 0 bridgehead atoms. The van der Waals surface area contributed by atoms with Gasteiger partial charge in [-0.05, 0) is 43.2 Å². The summed E-state index contributed by atoms with van der Waals surface area (Å²) in [6, 6.07) is 12.0. The number of carbonyl (C=O) groups excluding carboxylic acids is 2. The molecule has 126 valence electrons. The molecule has 1 atom stereocenters. The highest BCUT2D eigenvalue weighted by atomic mass is 35.5. The van der Waals surface area contributed by atoms with Crippen LogP contribution in [0.25, 0.3) is 0 Å². The third-order valence-electron chi connectivity index (χ3n) is 3.52. The van der Waals surface area contributed by atoms with Crippen molar-refractivity contribution in [2.24, 2.45) is 0 Å². The Morgan fingerprint density at radius 1 is 1.17 bits per heavy atom. The molecule has 0 aromatic heterocycles. The van der Waals surface area contributed by atoms with E-state index in [9.17, 15) is 9.59 Å². The summed E-state index contributed by atoms with van der Waals surface area (Å²) in [4.78, 5) is 23.9. The van der Waals surface area contributed by atoms with Crippen LogP contribution in [0.3, 0.4) is 0 Å². The summed E-state index contributed by atoms with van der Waals surface area (Å²) in [7, 11) is 0. The van der Waals surface area contributed by atoms with Gasteiger partial charge in [-0.2, -0.15) is 0 Å². The fourth-order valence-electron chi connectivity index (χ4n) is 2.30. The zero-order chi connectivity index (χ0) is 17.7. The molecule has 0 aliphatic rings. The molecule has 0 saturated carbocycles. The van der Waals surface area contributed by atoms with Crippen LogP contribution in [0.1, 0.15) is 34.5 Å². The maximum absolute atomic E-state index is 12.0. The minimum Gasteiger partial charge on any atom is -0.452 e. The van der Waals surface area contributed by atoms with E-state index in [1.807, 2.05) is 38.1 Å². The van der Waals surface area contributed by atoms with E-state index >= 15 is 0 Å². The van der Waals surface area contributed by atoms with Crippen LogP contribution in [-0.4, -0.2) is 18.5 Å². The van der Waals surface area contributed by atoms with E-state index in [-0.39, 0.29) is 29.1 Å². The van der Waals surface area contributed by atoms with Gasteiger partial charge in [-0.3, -0.25) is 4.79 Å². The molecule has 1 unspecified atom stereocenters. The SMILES string of the molecule is Cc1ccccc1C(C)NC(=O)COC(=O)c1ccc(Cl)cc1Cl. The first-order chi connectivity index (χ1) is 11.4. The van der Waals surface area contributed by atoms with Gasteiger partial charge in [0.1, 0.15) is 0 Å². The van der Waals surface area contributed by atoms with Crippen molar-refractivity contribution in [2.75, 3.05) is 6.61 Å². The summed E-state index contributed by atoms with van der Waals surface area (Å²) in [6.45, 7) is 3.46. The predicted molar refractivity (Wildman–Crippen MR) is 94.5 cm³/mol. The molecule has 0 aliphatic heterocycles. The second kappa shape index (κ2) is 8.18. The van der Waals surface area contributed by atoms with Gasteiger partial charge < -0.3 is 10.1 Å². The fourth-order valence-corrected chi connectivity index (χ4v) is 2.78. The maximum Gasteiger partial charge on any atom is 0.340 e. The van der Waals surface area contributed by atoms with Gasteiger partial charge in [0.2, 0.25) is 0 Å². The van der Waals surface area contributed by atoms with Crippen LogP contribution in [0.4, 0.5) is 0 Å². The predicted octanol–water partition coefficient (Wildman–Crippen LogP) is 4.34. The molecule has 4 nitrogen and oxygen atoms in total. The van der Waals surface area contributed by atoms with Crippen molar-refractivity contribution in [2.45, 2.75) is 19.9 Å². The molecular weight excluding hydrogens is 349 g/mol. The van der Waals surface area contributed by atoms with Crippen LogP contribution in [0.15, 0.2) is 42.5 Å². The van der Waals surface area contributed by atoms with E-state index in [1.54, 1.807) is 0 Å². The van der Waals surface area contributed by atoms with E-state index in [0.717, 1.165) is 11.1 Å². The molecule has 2 aromatic rings. The van der Waals surface area contributed by atoms with Gasteiger partial charge in [0.25, 0.3) is 5.91 Å². The summed E-state index contributed by atoms with van der Waals surface area (Å²) in [6.07, 6.45) is 0. The normalized spacial score (nSPS) is 11.7. The lowest BCUT2D eigenvalue weighted by Crippen LogP contribution is -2.31. The number of hydrogen-bond acceptors (Lipinski definition) is 3. The van der Waals surface area contributed by atoms with Crippen molar-refractivity contribution in [1.29, 1.82) is 0 Å². The van der Waals surface area contributed by atoms with Gasteiger partial charge >= 0.3 is 5.97 Å². The highest BCUT2D eigenvalue weighted by molar-refractivity contribution is 6.36. The monoisotopic (exact) mass is 365 g/mol. The highest BCUT2D eigenvalue weighted by Crippen LogP contribution is 2.21. The molecule has 2 aromatic carbocycles. The number of ether oxygens (including phenoxy) is 1.